The minimum absolute atomic E-state index is 0.0531. The third-order valence-corrected chi connectivity index (χ3v) is 12.1. The van der Waals surface area contributed by atoms with Crippen LogP contribution >= 0.6 is 27.4 Å². The Morgan fingerprint density at radius 1 is 1.14 bits per heavy atom. The van der Waals surface area contributed by atoms with Crippen molar-refractivity contribution in [2.75, 3.05) is 24.6 Å². The molecule has 2 aromatic rings. The second-order valence-corrected chi connectivity index (χ2v) is 15.8. The second-order valence-electron chi connectivity index (χ2n) is 11.6. The van der Waals surface area contributed by atoms with Crippen LogP contribution in [0.15, 0.2) is 12.7 Å². The van der Waals surface area contributed by atoms with Gasteiger partial charge < -0.3 is 50.9 Å². The van der Waals surface area contributed by atoms with Gasteiger partial charge in [0.25, 0.3) is 0 Å². The van der Waals surface area contributed by atoms with E-state index in [9.17, 15) is 43.5 Å². The summed E-state index contributed by atoms with van der Waals surface area (Å²) in [7, 11) is -11.1. The highest BCUT2D eigenvalue weighted by molar-refractivity contribution is 8.00. The number of nitrogens with two attached hydrogens (primary N) is 1. The largest absolute Gasteiger partial charge is 0.746 e. The SMILES string of the molecule is Nc1ncnc2c1ncn2[C@@H]1O[C@H](COP(=O)(O)OP(=O)([O-])OC(=O)CCCCNC(=O)CCCC[C@@H]2SC[C@@H]3NC(=O)N[C@@H]32)C(O)[C@@H]1O. The number of unbranched alkanes of at least 4 members (excludes halogenated alkanes) is 2. The fourth-order valence-corrected chi connectivity index (χ4v) is 9.19. The number of aromatic nitrogens is 4. The van der Waals surface area contributed by atoms with Crippen molar-refractivity contribution in [2.24, 2.45) is 0 Å². The molecule has 3 aliphatic heterocycles. The van der Waals surface area contributed by atoms with Gasteiger partial charge in [-0.15, -0.1) is 0 Å². The van der Waals surface area contributed by atoms with Crippen LogP contribution in [0.5, 0.6) is 0 Å². The highest BCUT2D eigenvalue weighted by Crippen LogP contribution is 2.58. The van der Waals surface area contributed by atoms with E-state index in [0.717, 1.165) is 24.9 Å². The van der Waals surface area contributed by atoms with Gasteiger partial charge in [-0.3, -0.25) is 23.2 Å². The van der Waals surface area contributed by atoms with Gasteiger partial charge in [0.1, 0.15) is 30.2 Å². The Labute approximate surface area is 283 Å². The quantitative estimate of drug-likeness (QED) is 0.0590. The number of imidazole rings is 1. The summed E-state index contributed by atoms with van der Waals surface area (Å²) in [4.78, 5) is 69.4. The van der Waals surface area contributed by atoms with E-state index in [1.165, 1.54) is 10.9 Å². The molecule has 272 valence electrons. The Morgan fingerprint density at radius 2 is 1.92 bits per heavy atom. The van der Waals surface area contributed by atoms with Crippen LogP contribution in [0.25, 0.3) is 11.2 Å². The van der Waals surface area contributed by atoms with Crippen LogP contribution in [-0.4, -0.2) is 107 Å². The van der Waals surface area contributed by atoms with E-state index in [2.05, 4.69) is 44.3 Å². The summed E-state index contributed by atoms with van der Waals surface area (Å²) in [5.41, 5.74) is 6.11. The normalized spacial score (nSPS) is 28.7. The Bertz CT molecular complexity index is 1620. The molecule has 24 heteroatoms. The van der Waals surface area contributed by atoms with Crippen LogP contribution < -0.4 is 26.6 Å². The lowest BCUT2D eigenvalue weighted by Crippen LogP contribution is -2.36. The van der Waals surface area contributed by atoms with Crippen LogP contribution in [0, 0.1) is 0 Å². The molecular formula is C25H37N8O13P2S-. The molecule has 0 aliphatic carbocycles. The number of thioether (sulfide) groups is 1. The average Bonchev–Trinajstić information content (AvgIpc) is 3.78. The van der Waals surface area contributed by atoms with Crippen LogP contribution in [0.3, 0.4) is 0 Å². The van der Waals surface area contributed by atoms with Gasteiger partial charge >= 0.3 is 27.6 Å². The molecular weight excluding hydrogens is 714 g/mol. The second kappa shape index (κ2) is 16.0. The molecule has 21 nitrogen and oxygen atoms in total. The van der Waals surface area contributed by atoms with Gasteiger partial charge in [-0.25, -0.2) is 28.6 Å². The van der Waals surface area contributed by atoms with E-state index >= 15 is 0 Å². The number of phosphoric ester groups is 2. The number of nitrogens with zero attached hydrogens (tertiary/aromatic N) is 4. The smallest absolute Gasteiger partial charge is 0.479 e. The molecule has 3 amide bonds. The number of carbonyl (C=O) groups excluding carboxylic acids is 3. The summed E-state index contributed by atoms with van der Waals surface area (Å²) in [6.07, 6.45) is -0.810. The topological polar surface area (TPSA) is 312 Å². The number of urea groups is 1. The van der Waals surface area contributed by atoms with Gasteiger partial charge in [0.15, 0.2) is 17.7 Å². The lowest BCUT2D eigenvalue weighted by molar-refractivity contribution is -0.218. The number of ether oxygens (including phenoxy) is 1. The zero-order chi connectivity index (χ0) is 35.3. The molecule has 3 unspecified atom stereocenters. The van der Waals surface area contributed by atoms with Gasteiger partial charge in [-0.1, -0.05) is 6.42 Å². The molecule has 0 bridgehead atoms. The van der Waals surface area contributed by atoms with Gasteiger partial charge in [-0.2, -0.15) is 11.8 Å². The van der Waals surface area contributed by atoms with E-state index in [4.69, 9.17) is 10.5 Å². The lowest BCUT2D eigenvalue weighted by atomic mass is 10.0. The zero-order valence-electron chi connectivity index (χ0n) is 25.9. The minimum Gasteiger partial charge on any atom is -0.746 e. The van der Waals surface area contributed by atoms with Crippen molar-refractivity contribution in [2.45, 2.75) is 86.8 Å². The van der Waals surface area contributed by atoms with Crippen molar-refractivity contribution in [1.82, 2.24) is 35.5 Å². The maximum absolute atomic E-state index is 12.3. The number of rotatable bonds is 17. The number of nitrogens with one attached hydrogen (secondary N) is 3. The Hall–Kier alpha value is -2.91. The number of nitrogen functional groups attached to an aromatic ring is 1. The van der Waals surface area contributed by atoms with Crippen molar-refractivity contribution in [3.05, 3.63) is 12.7 Å². The molecule has 3 fully saturated rings. The van der Waals surface area contributed by atoms with E-state index < -0.39 is 59.2 Å². The number of fused-ring (bicyclic) bond motifs is 2. The number of carbonyl (C=O) groups is 3. The first-order chi connectivity index (χ1) is 23.2. The van der Waals surface area contributed by atoms with Crippen molar-refractivity contribution in [3.8, 4) is 0 Å². The first-order valence-corrected chi connectivity index (χ1v) is 19.4. The molecule has 0 saturated carbocycles. The fourth-order valence-electron chi connectivity index (χ4n) is 5.64. The molecule has 5 heterocycles. The van der Waals surface area contributed by atoms with Crippen LogP contribution in [0.1, 0.15) is 51.2 Å². The van der Waals surface area contributed by atoms with E-state index in [0.29, 0.717) is 24.5 Å². The molecule has 3 aliphatic rings. The summed E-state index contributed by atoms with van der Waals surface area (Å²) >= 11 is 1.81. The van der Waals surface area contributed by atoms with Gasteiger partial charge in [0.2, 0.25) is 5.91 Å². The van der Waals surface area contributed by atoms with Crippen LogP contribution in [0.4, 0.5) is 10.6 Å². The number of hydrogen-bond donors (Lipinski definition) is 7. The maximum Gasteiger partial charge on any atom is 0.479 e. The van der Waals surface area contributed by atoms with E-state index in [1.807, 2.05) is 11.8 Å². The molecule has 9 atom stereocenters. The van der Waals surface area contributed by atoms with E-state index in [1.54, 1.807) is 0 Å². The zero-order valence-corrected chi connectivity index (χ0v) is 28.5. The van der Waals surface area contributed by atoms with Crippen LogP contribution in [-0.2, 0) is 36.8 Å². The molecule has 3 saturated heterocycles. The molecule has 8 N–H and O–H groups in total. The first kappa shape index (κ1) is 37.3. The Balaban J connectivity index is 0.948. The standard InChI is InChI=1S/C25H38N8O13P2S/c26-22-19-23(29-11-28-22)33(12-30-19)24-21(37)20(36)14(44-24)9-43-47(39,40)46-48(41,42)45-17(35)7-3-4-8-27-16(34)6-2-1-5-15-18-13(10-49-15)31-25(38)32-18/h11-15,18,20-21,24,36-37H,1-10H2,(H,27,34)(H,39,40)(H,41,42)(H2,26,28,29)(H2,31,32,38)/p-1/t13-,14+,15-,18-,20?,21-,24+/m0/s1. The van der Waals surface area contributed by atoms with Crippen molar-refractivity contribution >= 4 is 62.3 Å². The molecule has 0 radical (unpaired) electrons. The highest BCUT2D eigenvalue weighted by Gasteiger charge is 2.46. The third-order valence-electron chi connectivity index (χ3n) is 8.03. The number of hydrogen-bond acceptors (Lipinski definition) is 17. The van der Waals surface area contributed by atoms with Crippen molar-refractivity contribution < 1.29 is 61.6 Å². The molecule has 0 aromatic carbocycles. The van der Waals surface area contributed by atoms with Gasteiger partial charge in [0.05, 0.1) is 25.0 Å². The molecule has 5 rings (SSSR count). The minimum atomic E-state index is -5.67. The molecule has 2 aromatic heterocycles. The Morgan fingerprint density at radius 3 is 2.71 bits per heavy atom. The average molecular weight is 752 g/mol. The van der Waals surface area contributed by atoms with Crippen molar-refractivity contribution in [3.63, 3.8) is 0 Å². The summed E-state index contributed by atoms with van der Waals surface area (Å²) in [5.74, 6) is -0.504. The van der Waals surface area contributed by atoms with Crippen molar-refractivity contribution in [1.29, 1.82) is 0 Å². The monoisotopic (exact) mass is 751 g/mol. The number of aliphatic hydroxyl groups excluding tert-OH is 2. The number of amides is 3. The van der Waals surface area contributed by atoms with E-state index in [-0.39, 0.29) is 54.0 Å². The number of anilines is 1. The predicted molar refractivity (Wildman–Crippen MR) is 167 cm³/mol. The van der Waals surface area contributed by atoms with Crippen LogP contribution in [0.2, 0.25) is 0 Å². The number of phosphoric acid groups is 2. The summed E-state index contributed by atoms with van der Waals surface area (Å²) in [6.45, 7) is -0.676. The third kappa shape index (κ3) is 9.66. The van der Waals surface area contributed by atoms with Gasteiger partial charge in [0, 0.05) is 30.4 Å². The molecule has 0 spiro atoms. The maximum atomic E-state index is 12.3. The summed E-state index contributed by atoms with van der Waals surface area (Å²) in [6, 6.07) is 0.131. The first-order valence-electron chi connectivity index (χ1n) is 15.3. The fraction of sp³-hybridized carbons (Fsp3) is 0.680. The molecule has 49 heavy (non-hydrogen) atoms. The lowest BCUT2D eigenvalue weighted by Gasteiger charge is -2.24. The Kier molecular flexibility index (Phi) is 12.2. The summed E-state index contributed by atoms with van der Waals surface area (Å²) in [5, 5.41) is 29.7. The summed E-state index contributed by atoms with van der Waals surface area (Å²) < 4.78 is 44.1. The predicted octanol–water partition coefficient (Wildman–Crippen LogP) is -0.815. The highest BCUT2D eigenvalue weighted by atomic mass is 32.2. The number of aliphatic hydroxyl groups is 2. The van der Waals surface area contributed by atoms with Gasteiger partial charge in [-0.05, 0) is 25.7 Å².